The standard InChI is InChI=1S/C25H31BrN4O/c1-7-9-19-14-20-17(4)27-24-23(22-16(3)12-15(2)13-21(22)26)18(5)28-30(24)25(20)29(19)10-8-11-31-6/h12-14H,7-11H2,1-6H3. The topological polar surface area (TPSA) is 44.4 Å². The van der Waals surface area contributed by atoms with Crippen LogP contribution in [0.15, 0.2) is 22.7 Å². The quantitative estimate of drug-likeness (QED) is 0.288. The molecule has 31 heavy (non-hydrogen) atoms. The van der Waals surface area contributed by atoms with Gasteiger partial charge in [0, 0.05) is 41.4 Å². The van der Waals surface area contributed by atoms with E-state index in [1.165, 1.54) is 27.8 Å². The zero-order chi connectivity index (χ0) is 22.3. The van der Waals surface area contributed by atoms with Crippen LogP contribution in [0, 0.1) is 27.7 Å². The lowest BCUT2D eigenvalue weighted by atomic mass is 9.99. The molecule has 0 amide bonds. The van der Waals surface area contributed by atoms with Crippen molar-refractivity contribution in [2.75, 3.05) is 13.7 Å². The van der Waals surface area contributed by atoms with Crippen LogP contribution in [0.3, 0.4) is 0 Å². The van der Waals surface area contributed by atoms with Crippen LogP contribution >= 0.6 is 15.9 Å². The maximum Gasteiger partial charge on any atom is 0.165 e. The van der Waals surface area contributed by atoms with E-state index in [1.807, 2.05) is 0 Å². The van der Waals surface area contributed by atoms with Crippen molar-refractivity contribution in [3.8, 4) is 11.1 Å². The molecule has 1 aromatic carbocycles. The number of fused-ring (bicyclic) bond motifs is 3. The SMILES string of the molecule is CCCc1cc2c(C)nc3c(-c4c(C)cc(C)cc4Br)c(C)nn3c2n1CCCOC. The molecule has 0 fully saturated rings. The molecule has 0 N–H and O–H groups in total. The Kier molecular flexibility index (Phi) is 6.22. The summed E-state index contributed by atoms with van der Waals surface area (Å²) in [5, 5.41) is 6.19. The van der Waals surface area contributed by atoms with Crippen molar-refractivity contribution in [2.24, 2.45) is 0 Å². The summed E-state index contributed by atoms with van der Waals surface area (Å²) in [6.07, 6.45) is 3.11. The molecule has 5 nitrogen and oxygen atoms in total. The second kappa shape index (κ2) is 8.75. The van der Waals surface area contributed by atoms with E-state index in [1.54, 1.807) is 7.11 Å². The van der Waals surface area contributed by atoms with E-state index in [-0.39, 0.29) is 0 Å². The monoisotopic (exact) mass is 482 g/mol. The third-order valence-corrected chi connectivity index (χ3v) is 6.60. The fourth-order valence-electron chi connectivity index (χ4n) is 4.68. The van der Waals surface area contributed by atoms with E-state index in [2.05, 4.69) is 77.8 Å². The molecule has 4 rings (SSSR count). The Balaban J connectivity index is 2.04. The van der Waals surface area contributed by atoms with Crippen molar-refractivity contribution in [2.45, 2.75) is 60.4 Å². The second-order valence-corrected chi connectivity index (χ2v) is 9.31. The minimum atomic E-state index is 0.747. The van der Waals surface area contributed by atoms with E-state index >= 15 is 0 Å². The molecule has 6 heteroatoms. The number of hydrogen-bond acceptors (Lipinski definition) is 3. The third-order valence-electron chi connectivity index (χ3n) is 5.97. The summed E-state index contributed by atoms with van der Waals surface area (Å²) in [6, 6.07) is 6.70. The Bertz CT molecular complexity index is 1250. The molecule has 3 aromatic heterocycles. The zero-order valence-corrected chi connectivity index (χ0v) is 20.9. The van der Waals surface area contributed by atoms with Crippen molar-refractivity contribution in [1.82, 2.24) is 19.2 Å². The Labute approximate surface area is 192 Å². The summed E-state index contributed by atoms with van der Waals surface area (Å²) in [7, 11) is 1.76. The fourth-order valence-corrected chi connectivity index (χ4v) is 5.55. The van der Waals surface area contributed by atoms with E-state index < -0.39 is 0 Å². The highest BCUT2D eigenvalue weighted by molar-refractivity contribution is 9.10. The molecule has 0 aliphatic heterocycles. The first-order valence-electron chi connectivity index (χ1n) is 11.0. The van der Waals surface area contributed by atoms with Gasteiger partial charge < -0.3 is 9.30 Å². The summed E-state index contributed by atoms with van der Waals surface area (Å²) in [6.45, 7) is 12.4. The maximum atomic E-state index is 5.33. The van der Waals surface area contributed by atoms with Crippen LogP contribution in [0.4, 0.5) is 0 Å². The Hall–Kier alpha value is -2.18. The highest BCUT2D eigenvalue weighted by Gasteiger charge is 2.22. The lowest BCUT2D eigenvalue weighted by molar-refractivity contribution is 0.190. The number of nitrogens with zero attached hydrogens (tertiary/aromatic N) is 4. The molecule has 0 saturated heterocycles. The summed E-state index contributed by atoms with van der Waals surface area (Å²) < 4.78 is 10.9. The van der Waals surface area contributed by atoms with Gasteiger partial charge in [-0.2, -0.15) is 9.61 Å². The van der Waals surface area contributed by atoms with Crippen LogP contribution in [-0.2, 0) is 17.7 Å². The molecular weight excluding hydrogens is 452 g/mol. The van der Waals surface area contributed by atoms with Crippen LogP contribution in [0.2, 0.25) is 0 Å². The van der Waals surface area contributed by atoms with E-state index in [0.29, 0.717) is 0 Å². The fraction of sp³-hybridized carbons (Fsp3) is 0.440. The highest BCUT2D eigenvalue weighted by atomic mass is 79.9. The normalized spacial score (nSPS) is 11.8. The van der Waals surface area contributed by atoms with Crippen LogP contribution < -0.4 is 0 Å². The smallest absolute Gasteiger partial charge is 0.165 e. The number of rotatable bonds is 7. The molecule has 0 atom stereocenters. The number of aromatic nitrogens is 4. The van der Waals surface area contributed by atoms with Crippen molar-refractivity contribution in [3.63, 3.8) is 0 Å². The molecule has 0 bridgehead atoms. The maximum absolute atomic E-state index is 5.33. The average Bonchev–Trinajstić information content (AvgIpc) is 3.21. The summed E-state index contributed by atoms with van der Waals surface area (Å²) in [5.41, 5.74) is 10.2. The molecule has 0 spiro atoms. The number of aryl methyl sites for hydroxylation is 6. The zero-order valence-electron chi connectivity index (χ0n) is 19.3. The first-order valence-corrected chi connectivity index (χ1v) is 11.8. The van der Waals surface area contributed by atoms with Gasteiger partial charge in [0.2, 0.25) is 0 Å². The average molecular weight is 483 g/mol. The van der Waals surface area contributed by atoms with Gasteiger partial charge in [-0.1, -0.05) is 35.3 Å². The first kappa shape index (κ1) is 22.0. The summed E-state index contributed by atoms with van der Waals surface area (Å²) >= 11 is 3.80. The molecule has 0 radical (unpaired) electrons. The van der Waals surface area contributed by atoms with Crippen molar-refractivity contribution < 1.29 is 4.74 Å². The predicted octanol–water partition coefficient (Wildman–Crippen LogP) is 6.34. The molecule has 0 saturated carbocycles. The Morgan fingerprint density at radius 2 is 1.81 bits per heavy atom. The van der Waals surface area contributed by atoms with Crippen molar-refractivity contribution in [3.05, 3.63) is 50.9 Å². The predicted molar refractivity (Wildman–Crippen MR) is 131 cm³/mol. The molecule has 3 heterocycles. The second-order valence-electron chi connectivity index (χ2n) is 8.45. The largest absolute Gasteiger partial charge is 0.385 e. The molecule has 0 aliphatic rings. The van der Waals surface area contributed by atoms with Crippen LogP contribution in [0.5, 0.6) is 0 Å². The molecule has 164 valence electrons. The van der Waals surface area contributed by atoms with Crippen LogP contribution in [0.1, 0.15) is 48.0 Å². The van der Waals surface area contributed by atoms with Crippen molar-refractivity contribution in [1.29, 1.82) is 0 Å². The van der Waals surface area contributed by atoms with Crippen LogP contribution in [0.25, 0.3) is 27.8 Å². The lowest BCUT2D eigenvalue weighted by Gasteiger charge is -2.12. The number of ether oxygens (including phenoxy) is 1. The van der Waals surface area contributed by atoms with Gasteiger partial charge in [-0.15, -0.1) is 0 Å². The minimum absolute atomic E-state index is 0.747. The minimum Gasteiger partial charge on any atom is -0.385 e. The molecule has 4 aromatic rings. The van der Waals surface area contributed by atoms with E-state index in [4.69, 9.17) is 14.8 Å². The number of hydrogen-bond donors (Lipinski definition) is 0. The van der Waals surface area contributed by atoms with Gasteiger partial charge in [0.05, 0.1) is 17.0 Å². The number of benzene rings is 1. The van der Waals surface area contributed by atoms with Gasteiger partial charge in [0.15, 0.2) is 5.65 Å². The number of halogens is 1. The molecular formula is C25H31BrN4O. The summed E-state index contributed by atoms with van der Waals surface area (Å²) in [4.78, 5) is 5.06. The lowest BCUT2D eigenvalue weighted by Crippen LogP contribution is -2.09. The van der Waals surface area contributed by atoms with E-state index in [0.717, 1.165) is 65.1 Å². The third kappa shape index (κ3) is 3.80. The van der Waals surface area contributed by atoms with Gasteiger partial charge in [-0.3, -0.25) is 0 Å². The summed E-state index contributed by atoms with van der Waals surface area (Å²) in [5.74, 6) is 0. The van der Waals surface area contributed by atoms with Crippen LogP contribution in [-0.4, -0.2) is 32.9 Å². The van der Waals surface area contributed by atoms with E-state index in [9.17, 15) is 0 Å². The van der Waals surface area contributed by atoms with Crippen molar-refractivity contribution >= 4 is 32.6 Å². The van der Waals surface area contributed by atoms with Gasteiger partial charge in [-0.25, -0.2) is 4.98 Å². The Morgan fingerprint density at radius 1 is 1.03 bits per heavy atom. The highest BCUT2D eigenvalue weighted by Crippen LogP contribution is 2.38. The number of methoxy groups -OCH3 is 1. The first-order chi connectivity index (χ1) is 14.9. The van der Waals surface area contributed by atoms with Gasteiger partial charge >= 0.3 is 0 Å². The van der Waals surface area contributed by atoms with Gasteiger partial charge in [0.25, 0.3) is 0 Å². The van der Waals surface area contributed by atoms with Gasteiger partial charge in [-0.05, 0) is 63.8 Å². The Morgan fingerprint density at radius 3 is 2.48 bits per heavy atom. The molecule has 0 aliphatic carbocycles. The molecule has 0 unspecified atom stereocenters. The van der Waals surface area contributed by atoms with Gasteiger partial charge in [0.1, 0.15) is 5.65 Å².